The zero-order chi connectivity index (χ0) is 52.1. The molecule has 9 nitrogen and oxygen atoms in total. The van der Waals surface area contributed by atoms with Gasteiger partial charge in [0.2, 0.25) is 0 Å². The molecule has 1 aliphatic rings. The lowest BCUT2D eigenvalue weighted by atomic mass is 9.99. The highest BCUT2D eigenvalue weighted by atomic mass is 16.7. The summed E-state index contributed by atoms with van der Waals surface area (Å²) in [5.41, 5.74) is 0. The second kappa shape index (κ2) is 53.7. The van der Waals surface area contributed by atoms with Crippen LogP contribution in [0.4, 0.5) is 0 Å². The zero-order valence-electron chi connectivity index (χ0n) is 46.7. The molecule has 9 heteroatoms. The Bertz CT molecular complexity index is 1290. The van der Waals surface area contributed by atoms with Crippen LogP contribution in [0.3, 0.4) is 0 Å². The monoisotopic (exact) mass is 1010 g/mol. The Morgan fingerprint density at radius 1 is 0.444 bits per heavy atom. The number of ether oxygens (including phenoxy) is 4. The van der Waals surface area contributed by atoms with Crippen molar-refractivity contribution >= 4 is 5.97 Å². The standard InChI is InChI=1S/C63H114O9/c1-3-5-7-9-11-13-15-17-19-21-23-25-27-28-29-31-33-35-37-39-41-43-45-47-49-51-53-69-55-57(56-70-63-62(68)61(67)60(66)58(54-64)72-63)71-59(65)52-50-48-46-44-42-40-38-36-34-32-30-26-24-22-20-18-16-14-12-10-8-6-4-2/h15-18,21-24,30,32,57-58,60-64,66-68H,3-14,19-20,25-29,31,33-56H2,1-2H3/b17-15-,18-16-,23-21-,24-22-,32-30-. The number of allylic oxidation sites excluding steroid dienone is 10. The van der Waals surface area contributed by atoms with Crippen LogP contribution in [0.15, 0.2) is 60.8 Å². The molecular weight excluding hydrogens is 901 g/mol. The molecular formula is C63H114O9. The van der Waals surface area contributed by atoms with E-state index in [1.807, 2.05) is 0 Å². The first-order valence-electron chi connectivity index (χ1n) is 30.4. The maximum Gasteiger partial charge on any atom is 0.306 e. The van der Waals surface area contributed by atoms with Crippen molar-refractivity contribution in [3.05, 3.63) is 60.8 Å². The van der Waals surface area contributed by atoms with Gasteiger partial charge in [0.15, 0.2) is 6.29 Å². The fourth-order valence-electron chi connectivity index (χ4n) is 9.18. The minimum absolute atomic E-state index is 0.117. The van der Waals surface area contributed by atoms with E-state index in [1.54, 1.807) is 0 Å². The lowest BCUT2D eigenvalue weighted by Gasteiger charge is -2.39. The highest BCUT2D eigenvalue weighted by Crippen LogP contribution is 2.23. The molecule has 6 atom stereocenters. The third kappa shape index (κ3) is 43.2. The van der Waals surface area contributed by atoms with Gasteiger partial charge in [0.25, 0.3) is 0 Å². The van der Waals surface area contributed by atoms with Crippen molar-refractivity contribution in [2.45, 2.75) is 307 Å². The van der Waals surface area contributed by atoms with Crippen LogP contribution in [0.2, 0.25) is 0 Å². The van der Waals surface area contributed by atoms with E-state index < -0.39 is 43.4 Å². The summed E-state index contributed by atoms with van der Waals surface area (Å²) < 4.78 is 23.0. The summed E-state index contributed by atoms with van der Waals surface area (Å²) >= 11 is 0. The first-order valence-corrected chi connectivity index (χ1v) is 30.4. The molecule has 1 rings (SSSR count). The van der Waals surface area contributed by atoms with E-state index in [0.717, 1.165) is 57.8 Å². The molecule has 0 saturated carbocycles. The summed E-state index contributed by atoms with van der Waals surface area (Å²) in [5, 5.41) is 40.4. The Morgan fingerprint density at radius 2 is 0.806 bits per heavy atom. The molecule has 1 aliphatic heterocycles. The van der Waals surface area contributed by atoms with Crippen molar-refractivity contribution in [3.63, 3.8) is 0 Å². The SMILES string of the molecule is CCCCCCC/C=C\C/C=C\C/C=C\CCCCCCCCCCC(=O)OC(COCCCCCCCCCCCCCCCC/C=C\C/C=C\CCCCCCC)COC1OC(CO)C(O)C(O)C1O. The molecule has 0 aromatic carbocycles. The Morgan fingerprint density at radius 3 is 1.21 bits per heavy atom. The van der Waals surface area contributed by atoms with Crippen LogP contribution < -0.4 is 0 Å². The molecule has 0 aromatic rings. The quantitative estimate of drug-likeness (QED) is 0.0267. The predicted octanol–water partition coefficient (Wildman–Crippen LogP) is 16.2. The second-order valence-electron chi connectivity index (χ2n) is 20.8. The van der Waals surface area contributed by atoms with E-state index in [9.17, 15) is 25.2 Å². The second-order valence-corrected chi connectivity index (χ2v) is 20.8. The Balaban J connectivity index is 2.14. The largest absolute Gasteiger partial charge is 0.457 e. The third-order valence-electron chi connectivity index (χ3n) is 13.9. The van der Waals surface area contributed by atoms with E-state index in [1.165, 1.54) is 193 Å². The number of hydrogen-bond acceptors (Lipinski definition) is 9. The van der Waals surface area contributed by atoms with Crippen LogP contribution in [0, 0.1) is 0 Å². The molecule has 0 bridgehead atoms. The molecule has 4 N–H and O–H groups in total. The summed E-state index contributed by atoms with van der Waals surface area (Å²) in [6, 6.07) is 0. The first kappa shape index (κ1) is 67.9. The van der Waals surface area contributed by atoms with Gasteiger partial charge in [-0.25, -0.2) is 0 Å². The van der Waals surface area contributed by atoms with Gasteiger partial charge in [0, 0.05) is 13.0 Å². The highest BCUT2D eigenvalue weighted by Gasteiger charge is 2.44. The Hall–Kier alpha value is -2.11. The number of aliphatic hydroxyl groups is 4. The van der Waals surface area contributed by atoms with Gasteiger partial charge in [-0.2, -0.15) is 0 Å². The van der Waals surface area contributed by atoms with Crippen LogP contribution in [0.5, 0.6) is 0 Å². The van der Waals surface area contributed by atoms with Crippen LogP contribution in [0.25, 0.3) is 0 Å². The maximum absolute atomic E-state index is 12.9. The van der Waals surface area contributed by atoms with Crippen molar-refractivity contribution in [3.8, 4) is 0 Å². The smallest absolute Gasteiger partial charge is 0.306 e. The minimum Gasteiger partial charge on any atom is -0.457 e. The van der Waals surface area contributed by atoms with Gasteiger partial charge >= 0.3 is 5.97 Å². The number of carbonyl (C=O) groups excluding carboxylic acids is 1. The van der Waals surface area contributed by atoms with Gasteiger partial charge in [0.05, 0.1) is 19.8 Å². The molecule has 0 aromatic heterocycles. The molecule has 0 radical (unpaired) electrons. The zero-order valence-corrected chi connectivity index (χ0v) is 46.7. The number of carbonyl (C=O) groups is 1. The third-order valence-corrected chi connectivity index (χ3v) is 13.9. The maximum atomic E-state index is 12.9. The van der Waals surface area contributed by atoms with E-state index in [0.29, 0.717) is 13.0 Å². The summed E-state index contributed by atoms with van der Waals surface area (Å²) in [4.78, 5) is 12.9. The van der Waals surface area contributed by atoms with Gasteiger partial charge in [0.1, 0.15) is 30.5 Å². The number of esters is 1. The number of aliphatic hydroxyl groups excluding tert-OH is 4. The molecule has 72 heavy (non-hydrogen) atoms. The van der Waals surface area contributed by atoms with Crippen LogP contribution in [0.1, 0.15) is 271 Å². The summed E-state index contributed by atoms with van der Waals surface area (Å²) in [6.45, 7) is 4.56. The molecule has 6 unspecified atom stereocenters. The van der Waals surface area contributed by atoms with Crippen molar-refractivity contribution in [2.75, 3.05) is 26.4 Å². The van der Waals surface area contributed by atoms with Gasteiger partial charge in [-0.15, -0.1) is 0 Å². The molecule has 0 aliphatic carbocycles. The van der Waals surface area contributed by atoms with Crippen LogP contribution >= 0.6 is 0 Å². The normalized spacial score (nSPS) is 19.1. The molecule has 1 fully saturated rings. The summed E-state index contributed by atoms with van der Waals surface area (Å²) in [5.74, 6) is -0.318. The molecule has 420 valence electrons. The lowest BCUT2D eigenvalue weighted by molar-refractivity contribution is -0.305. The Labute approximate surface area is 443 Å². The van der Waals surface area contributed by atoms with Crippen LogP contribution in [-0.4, -0.2) is 89.6 Å². The van der Waals surface area contributed by atoms with Crippen molar-refractivity contribution < 1.29 is 44.2 Å². The summed E-state index contributed by atoms with van der Waals surface area (Å²) in [7, 11) is 0. The molecule has 1 saturated heterocycles. The predicted molar refractivity (Wildman–Crippen MR) is 302 cm³/mol. The van der Waals surface area contributed by atoms with Gasteiger partial charge in [-0.05, 0) is 83.5 Å². The number of hydrogen-bond donors (Lipinski definition) is 4. The molecule has 0 amide bonds. The van der Waals surface area contributed by atoms with E-state index >= 15 is 0 Å². The Kier molecular flexibility index (Phi) is 50.7. The highest BCUT2D eigenvalue weighted by molar-refractivity contribution is 5.69. The fraction of sp³-hybridized carbons (Fsp3) is 0.825. The average Bonchev–Trinajstić information content (AvgIpc) is 3.38. The van der Waals surface area contributed by atoms with Crippen LogP contribution in [-0.2, 0) is 23.7 Å². The van der Waals surface area contributed by atoms with Gasteiger partial charge in [-0.1, -0.05) is 242 Å². The van der Waals surface area contributed by atoms with Gasteiger partial charge < -0.3 is 39.4 Å². The first-order chi connectivity index (χ1) is 35.4. The van der Waals surface area contributed by atoms with Crippen molar-refractivity contribution in [1.29, 1.82) is 0 Å². The topological polar surface area (TPSA) is 135 Å². The van der Waals surface area contributed by atoms with E-state index in [4.69, 9.17) is 18.9 Å². The molecule has 0 spiro atoms. The number of unbranched alkanes of at least 4 members (excludes halogenated alkanes) is 32. The van der Waals surface area contributed by atoms with E-state index in [-0.39, 0.29) is 19.2 Å². The molecule has 1 heterocycles. The van der Waals surface area contributed by atoms with Gasteiger partial charge in [-0.3, -0.25) is 4.79 Å². The number of rotatable bonds is 53. The fourth-order valence-corrected chi connectivity index (χ4v) is 9.18. The lowest BCUT2D eigenvalue weighted by Crippen LogP contribution is -2.59. The van der Waals surface area contributed by atoms with Crippen molar-refractivity contribution in [2.24, 2.45) is 0 Å². The summed E-state index contributed by atoms with van der Waals surface area (Å²) in [6.07, 6.45) is 64.1. The minimum atomic E-state index is -1.54. The van der Waals surface area contributed by atoms with Crippen molar-refractivity contribution in [1.82, 2.24) is 0 Å². The average molecular weight is 1020 g/mol. The van der Waals surface area contributed by atoms with E-state index in [2.05, 4.69) is 74.6 Å².